The Morgan fingerprint density at radius 2 is 1.75 bits per heavy atom. The summed E-state index contributed by atoms with van der Waals surface area (Å²) >= 11 is 0. The van der Waals surface area contributed by atoms with Crippen molar-refractivity contribution in [1.82, 2.24) is 9.47 Å². The fourth-order valence-corrected chi connectivity index (χ4v) is 5.92. The smallest absolute Gasteiger partial charge is 0.266 e. The lowest BCUT2D eigenvalue weighted by atomic mass is 10.0. The molecule has 3 aliphatic rings. The minimum Gasteiger partial charge on any atom is -0.365 e. The van der Waals surface area contributed by atoms with Crippen molar-refractivity contribution in [3.63, 3.8) is 0 Å². The molecule has 5 rings (SSSR count). The van der Waals surface area contributed by atoms with Crippen LogP contribution in [0, 0.1) is 17.7 Å². The highest BCUT2D eigenvalue weighted by Gasteiger charge is 2.59. The van der Waals surface area contributed by atoms with Crippen molar-refractivity contribution in [2.45, 2.75) is 50.2 Å². The van der Waals surface area contributed by atoms with Crippen LogP contribution in [0.4, 0.5) is 27.6 Å². The Kier molecular flexibility index (Phi) is 5.89. The van der Waals surface area contributed by atoms with Crippen LogP contribution in [0.3, 0.4) is 0 Å². The fraction of sp³-hybridized carbons (Fsp3) is 0.520. The number of likely N-dealkylation sites (tertiary alicyclic amines) is 1. The van der Waals surface area contributed by atoms with Crippen LogP contribution in [0.25, 0.3) is 0 Å². The van der Waals surface area contributed by atoms with Crippen LogP contribution in [0.1, 0.15) is 53.7 Å². The lowest BCUT2D eigenvalue weighted by Gasteiger charge is -2.36. The maximum atomic E-state index is 15.2. The van der Waals surface area contributed by atoms with Gasteiger partial charge in [0.1, 0.15) is 11.4 Å². The topological polar surface area (TPSA) is 71.6 Å². The number of anilines is 1. The Hall–Kier alpha value is -2.95. The molecule has 36 heavy (non-hydrogen) atoms. The maximum absolute atomic E-state index is 15.2. The number of piperidine rings is 1. The number of carbonyl (C=O) groups excluding carboxylic acids is 1. The number of rotatable bonds is 8. The number of primary amides is 1. The molecule has 0 spiro atoms. The van der Waals surface area contributed by atoms with E-state index >= 15 is 4.39 Å². The normalized spacial score (nSPS) is 25.2. The molecular formula is C25H27F5N4O2. The Bertz CT molecular complexity index is 1250. The van der Waals surface area contributed by atoms with Crippen LogP contribution in [0.2, 0.25) is 0 Å². The molecule has 3 atom stereocenters. The summed E-state index contributed by atoms with van der Waals surface area (Å²) in [7, 11) is 1.96. The van der Waals surface area contributed by atoms with Crippen LogP contribution in [-0.4, -0.2) is 48.0 Å². The largest absolute Gasteiger partial charge is 0.365 e. The lowest BCUT2D eigenvalue weighted by molar-refractivity contribution is 0.0649. The fourth-order valence-electron chi connectivity index (χ4n) is 5.92. The van der Waals surface area contributed by atoms with Gasteiger partial charge in [-0.15, -0.1) is 0 Å². The maximum Gasteiger partial charge on any atom is 0.266 e. The van der Waals surface area contributed by atoms with E-state index in [1.54, 1.807) is 11.8 Å². The average Bonchev–Trinajstić information content (AvgIpc) is 3.70. The van der Waals surface area contributed by atoms with E-state index in [0.29, 0.717) is 0 Å². The molecule has 2 heterocycles. The van der Waals surface area contributed by atoms with Gasteiger partial charge in [-0.1, -0.05) is 18.2 Å². The number of hydrogen-bond acceptors (Lipinski definition) is 4. The van der Waals surface area contributed by atoms with Crippen LogP contribution in [0.15, 0.2) is 35.3 Å². The Morgan fingerprint density at radius 3 is 2.28 bits per heavy atom. The zero-order chi connectivity index (χ0) is 26.1. The SMILES string of the molecule is C[C@H](c1cccc(C(F)F)c1F)N(c1cc(=O)n(C2(C(F)F)CC2)cc1C(N)=O)C1C2CN(C)CC21. The molecule has 1 aliphatic heterocycles. The zero-order valence-electron chi connectivity index (χ0n) is 19.8. The molecule has 1 aromatic carbocycles. The van der Waals surface area contributed by atoms with Crippen molar-refractivity contribution in [3.05, 3.63) is 63.3 Å². The van der Waals surface area contributed by atoms with E-state index in [9.17, 15) is 27.2 Å². The Labute approximate surface area is 204 Å². The average molecular weight is 511 g/mol. The van der Waals surface area contributed by atoms with Crippen molar-refractivity contribution in [2.24, 2.45) is 17.6 Å². The first-order valence-electron chi connectivity index (χ1n) is 11.9. The minimum absolute atomic E-state index is 0.0167. The predicted octanol–water partition coefficient (Wildman–Crippen LogP) is 3.91. The Morgan fingerprint density at radius 1 is 1.14 bits per heavy atom. The van der Waals surface area contributed by atoms with Crippen molar-refractivity contribution in [2.75, 3.05) is 25.0 Å². The molecule has 2 aromatic rings. The number of fused-ring (bicyclic) bond motifs is 1. The molecule has 1 aromatic heterocycles. The number of nitrogens with zero attached hydrogens (tertiary/aromatic N) is 3. The predicted molar refractivity (Wildman–Crippen MR) is 123 cm³/mol. The highest BCUT2D eigenvalue weighted by Crippen LogP contribution is 2.53. The van der Waals surface area contributed by atoms with Gasteiger partial charge in [-0.05, 0) is 38.6 Å². The molecule has 2 N–H and O–H groups in total. The third-order valence-corrected chi connectivity index (χ3v) is 8.04. The minimum atomic E-state index is -3.02. The van der Waals surface area contributed by atoms with Crippen molar-refractivity contribution in [3.8, 4) is 0 Å². The number of aromatic nitrogens is 1. The van der Waals surface area contributed by atoms with Gasteiger partial charge in [-0.2, -0.15) is 0 Å². The van der Waals surface area contributed by atoms with Gasteiger partial charge in [0, 0.05) is 37.0 Å². The van der Waals surface area contributed by atoms with Gasteiger partial charge in [0.25, 0.3) is 24.3 Å². The number of halogens is 5. The van der Waals surface area contributed by atoms with E-state index in [4.69, 9.17) is 5.73 Å². The number of alkyl halides is 4. The van der Waals surface area contributed by atoms with E-state index in [-0.39, 0.29) is 47.5 Å². The third-order valence-electron chi connectivity index (χ3n) is 8.04. The summed E-state index contributed by atoms with van der Waals surface area (Å²) in [6.07, 6.45) is -4.57. The number of hydrogen-bond donors (Lipinski definition) is 1. The standard InChI is InChI=1S/C25H27F5N4O2/c1-12(13-4-3-5-14(20(13)26)22(27)28)34(21-15-9-32(2)10-16(15)21)18-8-19(35)33(11-17(18)23(31)36)25(6-7-25)24(29)30/h3-5,8,11-12,15-16,21-22,24H,6-7,9-10H2,1-2H3,(H2,31,36)/t12-,15?,16?,21?/m1/s1. The molecule has 194 valence electrons. The second-order valence-corrected chi connectivity index (χ2v) is 10.2. The first-order valence-corrected chi connectivity index (χ1v) is 11.9. The van der Waals surface area contributed by atoms with Crippen molar-refractivity contribution < 1.29 is 26.7 Å². The molecule has 1 amide bonds. The molecule has 3 fully saturated rings. The summed E-state index contributed by atoms with van der Waals surface area (Å²) in [5.74, 6) is -1.68. The molecule has 1 saturated heterocycles. The van der Waals surface area contributed by atoms with E-state index in [1.165, 1.54) is 12.1 Å². The Balaban J connectivity index is 1.65. The van der Waals surface area contributed by atoms with Crippen LogP contribution < -0.4 is 16.2 Å². The molecule has 2 aliphatic carbocycles. The summed E-state index contributed by atoms with van der Waals surface area (Å²) in [5.41, 5.74) is 2.45. The van der Waals surface area contributed by atoms with Crippen LogP contribution >= 0.6 is 0 Å². The molecule has 0 bridgehead atoms. The molecule has 0 radical (unpaired) electrons. The van der Waals surface area contributed by atoms with Crippen LogP contribution in [-0.2, 0) is 5.54 Å². The van der Waals surface area contributed by atoms with Gasteiger partial charge >= 0.3 is 0 Å². The number of benzene rings is 1. The first kappa shape index (κ1) is 24.7. The molecule has 2 saturated carbocycles. The summed E-state index contributed by atoms with van der Waals surface area (Å²) in [5, 5.41) is 0. The summed E-state index contributed by atoms with van der Waals surface area (Å²) in [6, 6.07) is 3.79. The van der Waals surface area contributed by atoms with E-state index in [1.807, 2.05) is 7.05 Å². The highest BCUT2D eigenvalue weighted by molar-refractivity contribution is 5.98. The monoisotopic (exact) mass is 510 g/mol. The molecule has 6 nitrogen and oxygen atoms in total. The van der Waals surface area contributed by atoms with E-state index < -0.39 is 47.3 Å². The quantitative estimate of drug-likeness (QED) is 0.547. The van der Waals surface area contributed by atoms with Crippen molar-refractivity contribution in [1.29, 1.82) is 0 Å². The van der Waals surface area contributed by atoms with E-state index in [0.717, 1.165) is 36.0 Å². The molecule has 2 unspecified atom stereocenters. The number of nitrogens with two attached hydrogens (primary N) is 1. The number of pyridine rings is 1. The highest BCUT2D eigenvalue weighted by atomic mass is 19.3. The summed E-state index contributed by atoms with van der Waals surface area (Å²) < 4.78 is 70.4. The van der Waals surface area contributed by atoms with Gasteiger partial charge in [0.05, 0.1) is 22.9 Å². The lowest BCUT2D eigenvalue weighted by Crippen LogP contribution is -2.41. The third kappa shape index (κ3) is 3.79. The van der Waals surface area contributed by atoms with Gasteiger partial charge in [-0.3, -0.25) is 9.59 Å². The van der Waals surface area contributed by atoms with Gasteiger partial charge < -0.3 is 20.1 Å². The second kappa shape index (κ2) is 8.57. The summed E-state index contributed by atoms with van der Waals surface area (Å²) in [4.78, 5) is 29.4. The van der Waals surface area contributed by atoms with Crippen molar-refractivity contribution >= 4 is 11.6 Å². The van der Waals surface area contributed by atoms with Crippen LogP contribution in [0.5, 0.6) is 0 Å². The van der Waals surface area contributed by atoms with E-state index in [2.05, 4.69) is 4.90 Å². The molecular weight excluding hydrogens is 483 g/mol. The van der Waals surface area contributed by atoms with Gasteiger partial charge in [0.15, 0.2) is 0 Å². The first-order chi connectivity index (χ1) is 17.0. The number of amides is 1. The zero-order valence-corrected chi connectivity index (χ0v) is 19.8. The van der Waals surface area contributed by atoms with Gasteiger partial charge in [0.2, 0.25) is 0 Å². The molecule has 11 heteroatoms. The summed E-state index contributed by atoms with van der Waals surface area (Å²) in [6.45, 7) is 3.08. The number of carbonyl (C=O) groups is 1. The van der Waals surface area contributed by atoms with Gasteiger partial charge in [-0.25, -0.2) is 22.0 Å². The second-order valence-electron chi connectivity index (χ2n) is 10.2.